The summed E-state index contributed by atoms with van der Waals surface area (Å²) in [6.45, 7) is 5.11. The molecular weight excluding hydrogens is 458 g/mol. The molecule has 1 heterocycles. The summed E-state index contributed by atoms with van der Waals surface area (Å²) < 4.78 is 34.1. The average Bonchev–Trinajstić information content (AvgIpc) is 3.33. The first kappa shape index (κ1) is 24.9. The fourth-order valence-corrected chi connectivity index (χ4v) is 5.54. The molecule has 0 radical (unpaired) electrons. The van der Waals surface area contributed by atoms with Gasteiger partial charge in [-0.05, 0) is 78.9 Å². The number of rotatable bonds is 10. The molecule has 1 aliphatic rings. The van der Waals surface area contributed by atoms with Crippen molar-refractivity contribution >= 4 is 10.0 Å². The molecule has 1 aliphatic heterocycles. The number of nitrogens with zero attached hydrogens (tertiary/aromatic N) is 2. The Hall–Kier alpha value is -3.18. The zero-order chi connectivity index (χ0) is 24.7. The zero-order valence-electron chi connectivity index (χ0n) is 20.0. The third-order valence-corrected chi connectivity index (χ3v) is 7.86. The van der Waals surface area contributed by atoms with Gasteiger partial charge in [-0.15, -0.1) is 0 Å². The second-order valence-corrected chi connectivity index (χ2v) is 10.5. The number of nitriles is 1. The van der Waals surface area contributed by atoms with E-state index in [9.17, 15) is 8.42 Å². The predicted molar refractivity (Wildman–Crippen MR) is 138 cm³/mol. The summed E-state index contributed by atoms with van der Waals surface area (Å²) in [5.74, 6) is 0.823. The molecule has 0 spiro atoms. The maximum Gasteiger partial charge on any atom is 0.240 e. The first-order valence-corrected chi connectivity index (χ1v) is 13.5. The van der Waals surface area contributed by atoms with Crippen LogP contribution in [0, 0.1) is 11.3 Å². The van der Waals surface area contributed by atoms with Crippen LogP contribution in [0.4, 0.5) is 0 Å². The Morgan fingerprint density at radius 1 is 1.00 bits per heavy atom. The lowest BCUT2D eigenvalue weighted by atomic mass is 10.0. The van der Waals surface area contributed by atoms with Crippen LogP contribution in [0.15, 0.2) is 77.7 Å². The highest BCUT2D eigenvalue weighted by molar-refractivity contribution is 7.89. The minimum Gasteiger partial charge on any atom is -0.494 e. The Kier molecular flexibility index (Phi) is 8.19. The summed E-state index contributed by atoms with van der Waals surface area (Å²) in [7, 11) is -3.50. The van der Waals surface area contributed by atoms with Gasteiger partial charge in [0.1, 0.15) is 5.75 Å². The van der Waals surface area contributed by atoms with Gasteiger partial charge in [-0.2, -0.15) is 5.26 Å². The van der Waals surface area contributed by atoms with Gasteiger partial charge in [-0.1, -0.05) is 43.3 Å². The normalized spacial score (nSPS) is 16.2. The van der Waals surface area contributed by atoms with E-state index in [2.05, 4.69) is 22.6 Å². The van der Waals surface area contributed by atoms with Crippen LogP contribution in [0.1, 0.15) is 30.9 Å². The molecule has 0 bridgehead atoms. The maximum atomic E-state index is 12.7. The summed E-state index contributed by atoms with van der Waals surface area (Å²) in [5.41, 5.74) is 3.92. The molecule has 0 aromatic heterocycles. The molecule has 6 nitrogen and oxygen atoms in total. The van der Waals surface area contributed by atoms with Crippen LogP contribution >= 0.6 is 0 Å². The Morgan fingerprint density at radius 2 is 1.66 bits per heavy atom. The van der Waals surface area contributed by atoms with Crippen molar-refractivity contribution in [2.24, 2.45) is 0 Å². The third kappa shape index (κ3) is 6.70. The molecule has 1 N–H and O–H groups in total. The van der Waals surface area contributed by atoms with E-state index in [1.54, 1.807) is 12.1 Å². The van der Waals surface area contributed by atoms with E-state index in [4.69, 9.17) is 10.00 Å². The van der Waals surface area contributed by atoms with Gasteiger partial charge in [-0.3, -0.25) is 0 Å². The molecule has 1 atom stereocenters. The second kappa shape index (κ2) is 11.5. The van der Waals surface area contributed by atoms with E-state index in [0.717, 1.165) is 54.8 Å². The number of sulfonamides is 1. The molecule has 182 valence electrons. The minimum absolute atomic E-state index is 0.0680. The van der Waals surface area contributed by atoms with Crippen molar-refractivity contribution in [2.45, 2.75) is 37.1 Å². The number of likely N-dealkylation sites (tertiary alicyclic amines) is 1. The molecule has 0 amide bonds. The average molecular weight is 490 g/mol. The van der Waals surface area contributed by atoms with Crippen molar-refractivity contribution in [3.63, 3.8) is 0 Å². The van der Waals surface area contributed by atoms with Crippen LogP contribution in [0.2, 0.25) is 0 Å². The molecule has 0 saturated carbocycles. The van der Waals surface area contributed by atoms with E-state index in [-0.39, 0.29) is 6.04 Å². The van der Waals surface area contributed by atoms with E-state index in [1.165, 1.54) is 0 Å². The topological polar surface area (TPSA) is 82.4 Å². The third-order valence-electron chi connectivity index (χ3n) is 6.33. The maximum absolute atomic E-state index is 12.7. The van der Waals surface area contributed by atoms with E-state index in [1.807, 2.05) is 60.7 Å². The van der Waals surface area contributed by atoms with Gasteiger partial charge in [0.05, 0.1) is 23.1 Å². The highest BCUT2D eigenvalue weighted by Crippen LogP contribution is 2.23. The van der Waals surface area contributed by atoms with Gasteiger partial charge < -0.3 is 9.64 Å². The molecule has 0 unspecified atom stereocenters. The Labute approximate surface area is 208 Å². The summed E-state index contributed by atoms with van der Waals surface area (Å²) >= 11 is 0. The fraction of sp³-hybridized carbons (Fsp3) is 0.321. The molecule has 0 aliphatic carbocycles. The lowest BCUT2D eigenvalue weighted by Gasteiger charge is -2.17. The minimum atomic E-state index is -3.50. The zero-order valence-corrected chi connectivity index (χ0v) is 20.8. The molecule has 1 fully saturated rings. The molecule has 3 aromatic rings. The largest absolute Gasteiger partial charge is 0.494 e. The lowest BCUT2D eigenvalue weighted by Crippen LogP contribution is -2.37. The van der Waals surface area contributed by atoms with Crippen LogP contribution in [0.25, 0.3) is 11.1 Å². The van der Waals surface area contributed by atoms with Gasteiger partial charge in [0.2, 0.25) is 10.0 Å². The SMILES string of the molecule is CCc1ccc(S(=O)(=O)N[C@@H]2CCN(CCCOc3ccc(-c4ccc(C#N)cc4)cc3)C2)cc1. The molecule has 35 heavy (non-hydrogen) atoms. The summed E-state index contributed by atoms with van der Waals surface area (Å²) in [6.07, 6.45) is 2.57. The summed E-state index contributed by atoms with van der Waals surface area (Å²) in [6, 6.07) is 24.6. The summed E-state index contributed by atoms with van der Waals surface area (Å²) in [4.78, 5) is 2.61. The lowest BCUT2D eigenvalue weighted by molar-refractivity contribution is 0.261. The highest BCUT2D eigenvalue weighted by atomic mass is 32.2. The first-order chi connectivity index (χ1) is 17.0. The van der Waals surface area contributed by atoms with Crippen molar-refractivity contribution < 1.29 is 13.2 Å². The Balaban J connectivity index is 1.19. The van der Waals surface area contributed by atoms with Crippen molar-refractivity contribution in [1.29, 1.82) is 5.26 Å². The molecule has 7 heteroatoms. The van der Waals surface area contributed by atoms with E-state index in [0.29, 0.717) is 23.6 Å². The summed E-state index contributed by atoms with van der Waals surface area (Å²) in [5, 5.41) is 8.93. The van der Waals surface area contributed by atoms with Crippen LogP contribution in [-0.2, 0) is 16.4 Å². The number of nitrogens with one attached hydrogen (secondary N) is 1. The van der Waals surface area contributed by atoms with Gasteiger partial charge in [0.15, 0.2) is 0 Å². The van der Waals surface area contributed by atoms with Gasteiger partial charge >= 0.3 is 0 Å². The standard InChI is InChI=1S/C28H31N3O3S/c1-2-22-6-14-28(15-7-22)35(32,33)30-26-16-18-31(21-26)17-3-19-34-27-12-10-25(11-13-27)24-8-4-23(20-29)5-9-24/h4-15,26,30H,2-3,16-19,21H2,1H3/t26-/m1/s1. The van der Waals surface area contributed by atoms with Crippen LogP contribution in [0.3, 0.4) is 0 Å². The van der Waals surface area contributed by atoms with Crippen molar-refractivity contribution in [3.8, 4) is 22.9 Å². The number of aryl methyl sites for hydroxylation is 1. The molecule has 4 rings (SSSR count). The number of hydrogen-bond donors (Lipinski definition) is 1. The van der Waals surface area contributed by atoms with E-state index < -0.39 is 10.0 Å². The van der Waals surface area contributed by atoms with Gasteiger partial charge in [0.25, 0.3) is 0 Å². The van der Waals surface area contributed by atoms with Crippen molar-refractivity contribution in [3.05, 3.63) is 83.9 Å². The smallest absolute Gasteiger partial charge is 0.240 e. The molecule has 3 aromatic carbocycles. The van der Waals surface area contributed by atoms with Crippen molar-refractivity contribution in [2.75, 3.05) is 26.2 Å². The van der Waals surface area contributed by atoms with Crippen LogP contribution in [-0.4, -0.2) is 45.6 Å². The predicted octanol–water partition coefficient (Wildman–Crippen LogP) is 4.61. The highest BCUT2D eigenvalue weighted by Gasteiger charge is 2.27. The molecular formula is C28H31N3O3S. The number of ether oxygens (including phenoxy) is 1. The monoisotopic (exact) mass is 489 g/mol. The van der Waals surface area contributed by atoms with Gasteiger partial charge in [-0.25, -0.2) is 13.1 Å². The number of hydrogen-bond acceptors (Lipinski definition) is 5. The van der Waals surface area contributed by atoms with Gasteiger partial charge in [0, 0.05) is 19.1 Å². The van der Waals surface area contributed by atoms with Crippen LogP contribution in [0.5, 0.6) is 5.75 Å². The van der Waals surface area contributed by atoms with Crippen molar-refractivity contribution in [1.82, 2.24) is 9.62 Å². The van der Waals surface area contributed by atoms with E-state index >= 15 is 0 Å². The second-order valence-electron chi connectivity index (χ2n) is 8.82. The van der Waals surface area contributed by atoms with Crippen LogP contribution < -0.4 is 9.46 Å². The molecule has 1 saturated heterocycles. The Bertz CT molecular complexity index is 1250. The number of benzene rings is 3. The fourth-order valence-electron chi connectivity index (χ4n) is 4.28. The quantitative estimate of drug-likeness (QED) is 0.421. The Morgan fingerprint density at radius 3 is 2.29 bits per heavy atom. The first-order valence-electron chi connectivity index (χ1n) is 12.0.